The molecule has 4 heterocycles. The standard InChI is InChI=1S/C96H88BN7/c1-92(2,3)69-40-45-82-77(58-69)76-51-63(39-44-81(76)104(82)83-43-36-60(59-98)46-78(83)91-100-89(61-28-20-16-21-29-61)99-90(101-91)62-30-22-17-23-31-62)68-54-86-88-87(55-68)103(75-34-26-19-27-35-75)85-53-65(67-49-72(95(10,11)12)57-73(50-67)96(13,14)15)38-42-80(85)97(88)79-41-37-64(52-84(79)102(86)74-32-24-18-25-33-74)66-47-70(93(4,5)6)56-71(48-66)94(7,8)9/h16-58H,1-15H3. The average Bonchev–Trinajstić information content (AvgIpc) is 1.26. The normalized spacial score (nSPS) is 13.1. The van der Waals surface area contributed by atoms with Gasteiger partial charge in [-0.05, 0) is 196 Å². The molecule has 0 saturated carbocycles. The van der Waals surface area contributed by atoms with Gasteiger partial charge in [-0.3, -0.25) is 0 Å². The first-order valence-electron chi connectivity index (χ1n) is 36.6. The van der Waals surface area contributed by atoms with Crippen LogP contribution in [-0.2, 0) is 27.1 Å². The molecule has 0 amide bonds. The fourth-order valence-electron chi connectivity index (χ4n) is 15.4. The molecule has 0 atom stereocenters. The lowest BCUT2D eigenvalue weighted by Gasteiger charge is -2.44. The lowest BCUT2D eigenvalue weighted by atomic mass is 9.33. The highest BCUT2D eigenvalue weighted by molar-refractivity contribution is 7.00. The molecule has 8 heteroatoms. The number of para-hydroxylation sites is 2. The molecule has 7 nitrogen and oxygen atoms in total. The van der Waals surface area contributed by atoms with E-state index in [0.29, 0.717) is 28.6 Å². The molecule has 0 fully saturated rings. The maximum atomic E-state index is 10.7. The van der Waals surface area contributed by atoms with E-state index >= 15 is 0 Å². The van der Waals surface area contributed by atoms with Gasteiger partial charge >= 0.3 is 0 Å². The van der Waals surface area contributed by atoms with Gasteiger partial charge in [0.2, 0.25) is 0 Å². The molecule has 0 unspecified atom stereocenters. The quantitative estimate of drug-likeness (QED) is 0.134. The number of nitriles is 1. The van der Waals surface area contributed by atoms with Gasteiger partial charge in [0, 0.05) is 61.6 Å². The molecule has 12 aromatic carbocycles. The van der Waals surface area contributed by atoms with Crippen molar-refractivity contribution in [3.8, 4) is 79.3 Å². The number of nitrogens with zero attached hydrogens (tertiary/aromatic N) is 7. The number of anilines is 6. The topological polar surface area (TPSA) is 73.9 Å². The van der Waals surface area contributed by atoms with Crippen LogP contribution in [-0.4, -0.2) is 26.2 Å². The van der Waals surface area contributed by atoms with Gasteiger partial charge in [-0.1, -0.05) is 274 Å². The van der Waals surface area contributed by atoms with Crippen LogP contribution in [0.15, 0.2) is 261 Å². The third-order valence-corrected chi connectivity index (χ3v) is 21.4. The van der Waals surface area contributed by atoms with Gasteiger partial charge in [0.15, 0.2) is 17.5 Å². The Morgan fingerprint density at radius 2 is 0.673 bits per heavy atom. The minimum atomic E-state index is -0.160. The fraction of sp³-hybridized carbons (Fsp3) is 0.208. The largest absolute Gasteiger partial charge is 0.311 e. The van der Waals surface area contributed by atoms with Crippen molar-refractivity contribution in [1.29, 1.82) is 5.26 Å². The van der Waals surface area contributed by atoms with Crippen molar-refractivity contribution in [1.82, 2.24) is 19.5 Å². The smallest absolute Gasteiger partial charge is 0.252 e. The Labute approximate surface area is 614 Å². The number of aromatic nitrogens is 4. The van der Waals surface area contributed by atoms with Crippen molar-refractivity contribution < 1.29 is 0 Å². The summed E-state index contributed by atoms with van der Waals surface area (Å²) in [5.41, 5.74) is 29.3. The molecule has 104 heavy (non-hydrogen) atoms. The number of hydrogen-bond donors (Lipinski definition) is 0. The Morgan fingerprint density at radius 1 is 0.298 bits per heavy atom. The first-order valence-corrected chi connectivity index (χ1v) is 36.6. The molecule has 0 N–H and O–H groups in total. The number of rotatable bonds is 9. The van der Waals surface area contributed by atoms with Crippen LogP contribution in [0.5, 0.6) is 0 Å². The zero-order valence-corrected chi connectivity index (χ0v) is 62.5. The molecule has 16 rings (SSSR count). The summed E-state index contributed by atoms with van der Waals surface area (Å²) < 4.78 is 2.35. The van der Waals surface area contributed by atoms with Gasteiger partial charge in [-0.2, -0.15) is 5.26 Å². The van der Waals surface area contributed by atoms with Crippen LogP contribution in [0.3, 0.4) is 0 Å². The van der Waals surface area contributed by atoms with E-state index < -0.39 is 0 Å². The van der Waals surface area contributed by atoms with Crippen LogP contribution in [0.4, 0.5) is 34.1 Å². The second-order valence-electron chi connectivity index (χ2n) is 33.8. The maximum Gasteiger partial charge on any atom is 0.252 e. The molecule has 14 aromatic rings. The minimum Gasteiger partial charge on any atom is -0.311 e. The van der Waals surface area contributed by atoms with Crippen LogP contribution < -0.4 is 26.2 Å². The van der Waals surface area contributed by atoms with Crippen molar-refractivity contribution in [2.75, 3.05) is 9.80 Å². The Hall–Kier alpha value is -11.4. The SMILES string of the molecule is CC(C)(C)c1cc(-c2ccc3c(c2)N(c2ccccc2)c2cc(-c4ccc5c(c4)c4cc(C(C)(C)C)ccc4n5-c4ccc(C#N)cc4-c4nc(-c5ccccc5)nc(-c5ccccc5)n4)cc4c2B3c2ccc(-c3cc(C(C)(C)C)cc(C(C)(C)C)c3)cc2N4c2ccccc2)cc(C(C)(C)C)c1. The summed E-state index contributed by atoms with van der Waals surface area (Å²) in [6, 6.07) is 98.8. The molecule has 0 spiro atoms. The Kier molecular flexibility index (Phi) is 16.1. The van der Waals surface area contributed by atoms with E-state index in [1.54, 1.807) is 0 Å². The number of benzene rings is 12. The molecule has 2 aliphatic rings. The summed E-state index contributed by atoms with van der Waals surface area (Å²) in [6.45, 7) is 34.7. The van der Waals surface area contributed by atoms with Crippen LogP contribution in [0.25, 0.3) is 95.0 Å². The number of hydrogen-bond acceptors (Lipinski definition) is 6. The van der Waals surface area contributed by atoms with Crippen LogP contribution >= 0.6 is 0 Å². The Balaban J connectivity index is 0.974. The lowest BCUT2D eigenvalue weighted by molar-refractivity contribution is 0.568. The molecule has 0 bridgehead atoms. The third kappa shape index (κ3) is 12.1. The van der Waals surface area contributed by atoms with Gasteiger partial charge in [0.25, 0.3) is 6.71 Å². The predicted octanol–water partition coefficient (Wildman–Crippen LogP) is 23.4. The van der Waals surface area contributed by atoms with Crippen molar-refractivity contribution >= 4 is 79.0 Å². The molecular formula is C96H88BN7. The summed E-state index contributed by atoms with van der Waals surface area (Å²) in [6.07, 6.45) is 0. The lowest BCUT2D eigenvalue weighted by Crippen LogP contribution is -2.61. The molecule has 0 aliphatic carbocycles. The van der Waals surface area contributed by atoms with Crippen LogP contribution in [0.1, 0.15) is 137 Å². The van der Waals surface area contributed by atoms with Gasteiger partial charge < -0.3 is 14.4 Å². The van der Waals surface area contributed by atoms with E-state index in [9.17, 15) is 5.26 Å². The van der Waals surface area contributed by atoms with Gasteiger partial charge in [0.05, 0.1) is 28.4 Å². The summed E-state index contributed by atoms with van der Waals surface area (Å²) in [4.78, 5) is 20.8. The second kappa shape index (κ2) is 25.0. The van der Waals surface area contributed by atoms with Gasteiger partial charge in [0.1, 0.15) is 0 Å². The van der Waals surface area contributed by atoms with Crippen LogP contribution in [0, 0.1) is 11.3 Å². The molecule has 510 valence electrons. The zero-order valence-electron chi connectivity index (χ0n) is 62.5. The van der Waals surface area contributed by atoms with E-state index in [2.05, 4.69) is 312 Å². The van der Waals surface area contributed by atoms with E-state index in [-0.39, 0.29) is 33.8 Å². The molecular weight excluding hydrogens is 1260 g/mol. The second-order valence-corrected chi connectivity index (χ2v) is 33.8. The van der Waals surface area contributed by atoms with E-state index in [4.69, 9.17) is 15.0 Å². The maximum absolute atomic E-state index is 10.7. The van der Waals surface area contributed by atoms with Crippen molar-refractivity contribution in [3.63, 3.8) is 0 Å². The van der Waals surface area contributed by atoms with Gasteiger partial charge in [-0.15, -0.1) is 0 Å². The van der Waals surface area contributed by atoms with E-state index in [1.165, 1.54) is 66.5 Å². The molecule has 0 saturated heterocycles. The summed E-state index contributed by atoms with van der Waals surface area (Å²) >= 11 is 0. The monoisotopic (exact) mass is 1350 g/mol. The predicted molar refractivity (Wildman–Crippen MR) is 439 cm³/mol. The fourth-order valence-corrected chi connectivity index (χ4v) is 15.4. The van der Waals surface area contributed by atoms with Crippen molar-refractivity contribution in [3.05, 3.63) is 294 Å². The molecule has 2 aliphatic heterocycles. The summed E-state index contributed by atoms with van der Waals surface area (Å²) in [5.74, 6) is 1.56. The van der Waals surface area contributed by atoms with Crippen molar-refractivity contribution in [2.45, 2.75) is 131 Å². The van der Waals surface area contributed by atoms with Gasteiger partial charge in [-0.25, -0.2) is 15.0 Å². The average molecular weight is 1350 g/mol. The Morgan fingerprint density at radius 3 is 1.11 bits per heavy atom. The molecule has 2 aromatic heterocycles. The van der Waals surface area contributed by atoms with Crippen molar-refractivity contribution in [2.24, 2.45) is 0 Å². The highest BCUT2D eigenvalue weighted by atomic mass is 15.2. The Bertz CT molecular complexity index is 5460. The zero-order chi connectivity index (χ0) is 72.5. The third-order valence-electron chi connectivity index (χ3n) is 21.4. The van der Waals surface area contributed by atoms with Crippen LogP contribution in [0.2, 0.25) is 0 Å². The first kappa shape index (κ1) is 67.1. The van der Waals surface area contributed by atoms with E-state index in [1.807, 2.05) is 72.8 Å². The summed E-state index contributed by atoms with van der Waals surface area (Å²) in [7, 11) is 0. The minimum absolute atomic E-state index is 0.0709. The van der Waals surface area contributed by atoms with E-state index in [0.717, 1.165) is 83.9 Å². The number of fused-ring (bicyclic) bond motifs is 7. The highest BCUT2D eigenvalue weighted by Gasteiger charge is 2.44. The summed E-state index contributed by atoms with van der Waals surface area (Å²) in [5, 5.41) is 12.9. The highest BCUT2D eigenvalue weighted by Crippen LogP contribution is 2.50. The first-order chi connectivity index (χ1) is 49.6. The molecule has 0 radical (unpaired) electrons.